The molecule has 0 atom stereocenters. The van der Waals surface area contributed by atoms with Gasteiger partial charge in [0.1, 0.15) is 10.8 Å². The maximum Gasteiger partial charge on any atom is 0.229 e. The van der Waals surface area contributed by atoms with Gasteiger partial charge in [-0.25, -0.2) is 4.98 Å². The predicted molar refractivity (Wildman–Crippen MR) is 111 cm³/mol. The van der Waals surface area contributed by atoms with E-state index < -0.39 is 0 Å². The van der Waals surface area contributed by atoms with Crippen molar-refractivity contribution >= 4 is 17.2 Å². The summed E-state index contributed by atoms with van der Waals surface area (Å²) in [5.74, 6) is 0.803. The highest BCUT2D eigenvalue weighted by molar-refractivity contribution is 7.13. The van der Waals surface area contributed by atoms with E-state index in [1.54, 1.807) is 17.6 Å². The highest BCUT2D eigenvalue weighted by Gasteiger charge is 2.18. The molecular formula is C23H20N2O2S. The number of aromatic nitrogens is 1. The van der Waals surface area contributed by atoms with Crippen molar-refractivity contribution in [3.63, 3.8) is 0 Å². The molecule has 2 aromatic heterocycles. The number of nitrogens with zero attached hydrogens (tertiary/aromatic N) is 2. The van der Waals surface area contributed by atoms with Crippen molar-refractivity contribution in [3.05, 3.63) is 101 Å². The Morgan fingerprint density at radius 2 is 1.68 bits per heavy atom. The molecule has 0 aliphatic carbocycles. The van der Waals surface area contributed by atoms with Crippen LogP contribution in [0.3, 0.4) is 0 Å². The molecule has 0 saturated carbocycles. The van der Waals surface area contributed by atoms with Gasteiger partial charge in [0.2, 0.25) is 5.91 Å². The van der Waals surface area contributed by atoms with Crippen LogP contribution in [-0.4, -0.2) is 15.8 Å². The number of benzene rings is 2. The highest BCUT2D eigenvalue weighted by Crippen LogP contribution is 2.24. The van der Waals surface area contributed by atoms with Crippen LogP contribution in [0.1, 0.15) is 17.0 Å². The molecule has 2 aromatic carbocycles. The van der Waals surface area contributed by atoms with Crippen LogP contribution in [0.15, 0.2) is 88.9 Å². The molecule has 5 heteroatoms. The summed E-state index contributed by atoms with van der Waals surface area (Å²) in [6.07, 6.45) is 1.91. The number of carbonyl (C=O) groups is 1. The van der Waals surface area contributed by atoms with Crippen molar-refractivity contribution in [1.29, 1.82) is 0 Å². The maximum absolute atomic E-state index is 13.0. The molecule has 0 unspecified atom stereocenters. The summed E-state index contributed by atoms with van der Waals surface area (Å²) in [4.78, 5) is 19.5. The third-order valence-corrected chi connectivity index (χ3v) is 5.34. The number of rotatable bonds is 7. The van der Waals surface area contributed by atoms with E-state index in [2.05, 4.69) is 4.98 Å². The first kappa shape index (κ1) is 18.2. The van der Waals surface area contributed by atoms with Gasteiger partial charge in [0.25, 0.3) is 0 Å². The Morgan fingerprint density at radius 1 is 0.929 bits per heavy atom. The van der Waals surface area contributed by atoms with Crippen LogP contribution in [0.25, 0.3) is 10.6 Å². The average Bonchev–Trinajstić information content (AvgIpc) is 3.41. The molecule has 0 bridgehead atoms. The van der Waals surface area contributed by atoms with Gasteiger partial charge >= 0.3 is 0 Å². The third kappa shape index (κ3) is 4.56. The van der Waals surface area contributed by atoms with Crippen LogP contribution < -0.4 is 0 Å². The topological polar surface area (TPSA) is 46.3 Å². The molecular weight excluding hydrogens is 368 g/mol. The van der Waals surface area contributed by atoms with Crippen LogP contribution in [-0.2, 0) is 24.3 Å². The van der Waals surface area contributed by atoms with E-state index in [-0.39, 0.29) is 12.3 Å². The first-order valence-corrected chi connectivity index (χ1v) is 10.00. The van der Waals surface area contributed by atoms with Crippen molar-refractivity contribution in [1.82, 2.24) is 9.88 Å². The quantitative estimate of drug-likeness (QED) is 0.438. The minimum atomic E-state index is 0.0326. The van der Waals surface area contributed by atoms with Gasteiger partial charge in [-0.3, -0.25) is 4.79 Å². The number of hydrogen-bond donors (Lipinski definition) is 0. The fraction of sp³-hybridized carbons (Fsp3) is 0.130. The average molecular weight is 388 g/mol. The molecule has 0 aliphatic rings. The van der Waals surface area contributed by atoms with Gasteiger partial charge < -0.3 is 9.32 Å². The summed E-state index contributed by atoms with van der Waals surface area (Å²) in [6.45, 7) is 0.979. The van der Waals surface area contributed by atoms with Crippen LogP contribution in [0, 0.1) is 0 Å². The summed E-state index contributed by atoms with van der Waals surface area (Å²) in [5, 5.41) is 2.90. The van der Waals surface area contributed by atoms with E-state index in [0.29, 0.717) is 13.1 Å². The number of thiazole rings is 1. The Bertz CT molecular complexity index is 1010. The van der Waals surface area contributed by atoms with Gasteiger partial charge in [0, 0.05) is 17.5 Å². The van der Waals surface area contributed by atoms with Crippen LogP contribution in [0.4, 0.5) is 0 Å². The first-order chi connectivity index (χ1) is 13.8. The zero-order chi connectivity index (χ0) is 19.2. The van der Waals surface area contributed by atoms with Gasteiger partial charge in [0.05, 0.1) is 24.9 Å². The summed E-state index contributed by atoms with van der Waals surface area (Å²) in [6, 6.07) is 23.8. The lowest BCUT2D eigenvalue weighted by atomic mass is 10.2. The van der Waals surface area contributed by atoms with E-state index in [1.807, 2.05) is 83.1 Å². The molecule has 0 radical (unpaired) electrons. The standard InChI is InChI=1S/C23H20N2O2S/c26-22(14-20-17-28-23(24-20)19-10-5-2-6-11-19)25(16-21-12-7-13-27-21)15-18-8-3-1-4-9-18/h1-13,17H,14-16H2. The maximum atomic E-state index is 13.0. The third-order valence-electron chi connectivity index (χ3n) is 4.40. The molecule has 0 saturated heterocycles. The first-order valence-electron chi connectivity index (χ1n) is 9.12. The zero-order valence-electron chi connectivity index (χ0n) is 15.3. The second-order valence-electron chi connectivity index (χ2n) is 6.50. The molecule has 0 spiro atoms. The van der Waals surface area contributed by atoms with Crippen molar-refractivity contribution in [2.45, 2.75) is 19.5 Å². The van der Waals surface area contributed by atoms with Crippen molar-refractivity contribution in [3.8, 4) is 10.6 Å². The molecule has 4 aromatic rings. The van der Waals surface area contributed by atoms with Gasteiger partial charge in [-0.1, -0.05) is 60.7 Å². The number of amides is 1. The Balaban J connectivity index is 1.49. The minimum Gasteiger partial charge on any atom is -0.467 e. The molecule has 2 heterocycles. The lowest BCUT2D eigenvalue weighted by Gasteiger charge is -2.21. The lowest BCUT2D eigenvalue weighted by Crippen LogP contribution is -2.31. The van der Waals surface area contributed by atoms with Crippen molar-refractivity contribution in [2.24, 2.45) is 0 Å². The molecule has 28 heavy (non-hydrogen) atoms. The zero-order valence-corrected chi connectivity index (χ0v) is 16.1. The molecule has 0 N–H and O–H groups in total. The fourth-order valence-corrected chi connectivity index (χ4v) is 3.82. The molecule has 0 aliphatic heterocycles. The van der Waals surface area contributed by atoms with Crippen LogP contribution >= 0.6 is 11.3 Å². The molecule has 1 amide bonds. The number of carbonyl (C=O) groups excluding carboxylic acids is 1. The Morgan fingerprint density at radius 3 is 2.39 bits per heavy atom. The van der Waals surface area contributed by atoms with Crippen molar-refractivity contribution in [2.75, 3.05) is 0 Å². The fourth-order valence-electron chi connectivity index (χ4n) is 2.99. The number of hydrogen-bond acceptors (Lipinski definition) is 4. The lowest BCUT2D eigenvalue weighted by molar-refractivity contribution is -0.132. The second-order valence-corrected chi connectivity index (χ2v) is 7.36. The summed E-state index contributed by atoms with van der Waals surface area (Å²) in [5.41, 5.74) is 2.96. The normalized spacial score (nSPS) is 10.7. The largest absolute Gasteiger partial charge is 0.467 e. The summed E-state index contributed by atoms with van der Waals surface area (Å²) in [7, 11) is 0. The monoisotopic (exact) mass is 388 g/mol. The van der Waals surface area contributed by atoms with Gasteiger partial charge in [-0.2, -0.15) is 0 Å². The molecule has 140 valence electrons. The van der Waals surface area contributed by atoms with Gasteiger partial charge in [0.15, 0.2) is 0 Å². The summed E-state index contributed by atoms with van der Waals surface area (Å²) < 4.78 is 5.46. The predicted octanol–water partition coefficient (Wildman–Crippen LogP) is 5.17. The molecule has 4 rings (SSSR count). The minimum absolute atomic E-state index is 0.0326. The smallest absolute Gasteiger partial charge is 0.229 e. The van der Waals surface area contributed by atoms with Crippen molar-refractivity contribution < 1.29 is 9.21 Å². The van der Waals surface area contributed by atoms with Gasteiger partial charge in [-0.15, -0.1) is 11.3 Å². The van der Waals surface area contributed by atoms with Gasteiger partial charge in [-0.05, 0) is 17.7 Å². The molecule has 4 nitrogen and oxygen atoms in total. The Kier molecular flexibility index (Phi) is 5.64. The van der Waals surface area contributed by atoms with Crippen LogP contribution in [0.5, 0.6) is 0 Å². The number of furan rings is 1. The van der Waals surface area contributed by atoms with E-state index in [0.717, 1.165) is 27.6 Å². The van der Waals surface area contributed by atoms with E-state index >= 15 is 0 Å². The molecule has 0 fully saturated rings. The Hall–Kier alpha value is -3.18. The van der Waals surface area contributed by atoms with Crippen LogP contribution in [0.2, 0.25) is 0 Å². The van der Waals surface area contributed by atoms with E-state index in [1.165, 1.54) is 0 Å². The van der Waals surface area contributed by atoms with E-state index in [4.69, 9.17) is 4.42 Å². The summed E-state index contributed by atoms with van der Waals surface area (Å²) >= 11 is 1.57. The second kappa shape index (κ2) is 8.67. The van der Waals surface area contributed by atoms with E-state index in [9.17, 15) is 4.79 Å². The Labute approximate surface area is 168 Å². The SMILES string of the molecule is O=C(Cc1csc(-c2ccccc2)n1)N(Cc1ccccc1)Cc1ccco1. The highest BCUT2D eigenvalue weighted by atomic mass is 32.1.